The smallest absolute Gasteiger partial charge is 0.0705 e. The molecule has 0 aliphatic rings. The van der Waals surface area contributed by atoms with E-state index >= 15 is 0 Å². The van der Waals surface area contributed by atoms with E-state index in [2.05, 4.69) is 40.2 Å². The van der Waals surface area contributed by atoms with Crippen LogP contribution in [0.4, 0.5) is 0 Å². The number of hydrogen-bond donors (Lipinski definition) is 1. The fourth-order valence-corrected chi connectivity index (χ4v) is 3.34. The Kier molecular flexibility index (Phi) is 3.79. The van der Waals surface area contributed by atoms with Gasteiger partial charge in [-0.15, -0.1) is 0 Å². The number of fused-ring (bicyclic) bond motifs is 1. The van der Waals surface area contributed by atoms with Crippen molar-refractivity contribution in [3.63, 3.8) is 0 Å². The van der Waals surface area contributed by atoms with E-state index in [1.54, 1.807) is 0 Å². The summed E-state index contributed by atoms with van der Waals surface area (Å²) >= 11 is 3.58. The standard InChI is InChI=1S/C18H17BrN2/c1-18(20,15-7-3-4-8-16(15)19)12-14-11-10-13-6-2-5-9-17(13)21-14/h2-11H,12,20H2,1H3. The lowest BCUT2D eigenvalue weighted by atomic mass is 9.88. The Morgan fingerprint density at radius 3 is 2.52 bits per heavy atom. The summed E-state index contributed by atoms with van der Waals surface area (Å²) in [6.45, 7) is 2.05. The van der Waals surface area contributed by atoms with Crippen LogP contribution < -0.4 is 5.73 Å². The molecule has 0 fully saturated rings. The number of halogens is 1. The summed E-state index contributed by atoms with van der Waals surface area (Å²) in [7, 11) is 0. The van der Waals surface area contributed by atoms with Crippen molar-refractivity contribution in [2.45, 2.75) is 18.9 Å². The number of para-hydroxylation sites is 1. The maximum atomic E-state index is 6.54. The Morgan fingerprint density at radius 1 is 1.00 bits per heavy atom. The second-order valence-corrected chi connectivity index (χ2v) is 6.42. The molecule has 3 heteroatoms. The molecule has 1 aromatic heterocycles. The van der Waals surface area contributed by atoms with Gasteiger partial charge < -0.3 is 5.73 Å². The first-order valence-electron chi connectivity index (χ1n) is 6.95. The Labute approximate surface area is 133 Å². The molecule has 21 heavy (non-hydrogen) atoms. The van der Waals surface area contributed by atoms with Crippen LogP contribution in [0.1, 0.15) is 18.2 Å². The number of aromatic nitrogens is 1. The molecule has 0 aliphatic heterocycles. The third-order valence-corrected chi connectivity index (χ3v) is 4.39. The number of rotatable bonds is 3. The van der Waals surface area contributed by atoms with E-state index in [1.807, 2.05) is 43.3 Å². The van der Waals surface area contributed by atoms with Crippen molar-refractivity contribution in [3.8, 4) is 0 Å². The highest BCUT2D eigenvalue weighted by Crippen LogP contribution is 2.29. The van der Waals surface area contributed by atoms with Gasteiger partial charge in [-0.05, 0) is 30.7 Å². The molecule has 2 N–H and O–H groups in total. The first-order chi connectivity index (χ1) is 10.1. The third kappa shape index (κ3) is 2.99. The Hall–Kier alpha value is -1.71. The minimum absolute atomic E-state index is 0.463. The van der Waals surface area contributed by atoms with Crippen LogP contribution in [0.3, 0.4) is 0 Å². The molecule has 1 unspecified atom stereocenters. The zero-order valence-electron chi connectivity index (χ0n) is 11.9. The maximum absolute atomic E-state index is 6.54. The van der Waals surface area contributed by atoms with Gasteiger partial charge in [0.25, 0.3) is 0 Å². The van der Waals surface area contributed by atoms with Gasteiger partial charge in [0, 0.05) is 27.5 Å². The molecule has 3 aromatic rings. The summed E-state index contributed by atoms with van der Waals surface area (Å²) < 4.78 is 1.04. The summed E-state index contributed by atoms with van der Waals surface area (Å²) in [5, 5.41) is 1.15. The minimum atomic E-state index is -0.463. The normalized spacial score (nSPS) is 14.0. The topological polar surface area (TPSA) is 38.9 Å². The molecule has 1 atom stereocenters. The van der Waals surface area contributed by atoms with E-state index in [0.717, 1.165) is 26.6 Å². The molecule has 0 amide bonds. The van der Waals surface area contributed by atoms with Crippen LogP contribution >= 0.6 is 15.9 Å². The quantitative estimate of drug-likeness (QED) is 0.766. The van der Waals surface area contributed by atoms with E-state index in [1.165, 1.54) is 0 Å². The molecular formula is C18H17BrN2. The van der Waals surface area contributed by atoms with Gasteiger partial charge in [0.2, 0.25) is 0 Å². The first kappa shape index (κ1) is 14.2. The van der Waals surface area contributed by atoms with Crippen molar-refractivity contribution in [2.24, 2.45) is 5.73 Å². The molecule has 0 saturated carbocycles. The number of hydrogen-bond acceptors (Lipinski definition) is 2. The molecule has 0 saturated heterocycles. The van der Waals surface area contributed by atoms with Gasteiger partial charge in [0.15, 0.2) is 0 Å². The highest BCUT2D eigenvalue weighted by Gasteiger charge is 2.24. The van der Waals surface area contributed by atoms with Crippen molar-refractivity contribution < 1.29 is 0 Å². The van der Waals surface area contributed by atoms with Crippen LogP contribution in [0, 0.1) is 0 Å². The summed E-state index contributed by atoms with van der Waals surface area (Å²) in [4.78, 5) is 4.72. The molecule has 2 aromatic carbocycles. The van der Waals surface area contributed by atoms with Crippen LogP contribution in [0.5, 0.6) is 0 Å². The predicted octanol–water partition coefficient (Wildman–Crippen LogP) is 4.41. The van der Waals surface area contributed by atoms with Gasteiger partial charge in [-0.2, -0.15) is 0 Å². The predicted molar refractivity (Wildman–Crippen MR) is 91.1 cm³/mol. The average molecular weight is 341 g/mol. The first-order valence-corrected chi connectivity index (χ1v) is 7.74. The van der Waals surface area contributed by atoms with Crippen molar-refractivity contribution in [3.05, 3.63) is 76.4 Å². The van der Waals surface area contributed by atoms with Crippen molar-refractivity contribution in [1.29, 1.82) is 0 Å². The lowest BCUT2D eigenvalue weighted by Gasteiger charge is -2.26. The summed E-state index contributed by atoms with van der Waals surface area (Å²) in [6.07, 6.45) is 0.695. The highest BCUT2D eigenvalue weighted by molar-refractivity contribution is 9.10. The van der Waals surface area contributed by atoms with Crippen molar-refractivity contribution >= 4 is 26.8 Å². The van der Waals surface area contributed by atoms with Crippen LogP contribution in [0.2, 0.25) is 0 Å². The van der Waals surface area contributed by atoms with E-state index in [-0.39, 0.29) is 0 Å². The van der Waals surface area contributed by atoms with Gasteiger partial charge in [0.1, 0.15) is 0 Å². The van der Waals surface area contributed by atoms with Crippen LogP contribution in [0.25, 0.3) is 10.9 Å². The molecule has 0 bridgehead atoms. The SMILES string of the molecule is CC(N)(Cc1ccc2ccccc2n1)c1ccccc1Br. The second kappa shape index (κ2) is 5.58. The second-order valence-electron chi connectivity index (χ2n) is 5.57. The lowest BCUT2D eigenvalue weighted by molar-refractivity contribution is 0.483. The number of benzene rings is 2. The maximum Gasteiger partial charge on any atom is 0.0705 e. The zero-order chi connectivity index (χ0) is 14.9. The van der Waals surface area contributed by atoms with Crippen LogP contribution in [-0.4, -0.2) is 4.98 Å². The molecule has 2 nitrogen and oxygen atoms in total. The Balaban J connectivity index is 1.95. The largest absolute Gasteiger partial charge is 0.321 e. The number of nitrogens with zero attached hydrogens (tertiary/aromatic N) is 1. The fourth-order valence-electron chi connectivity index (χ4n) is 2.60. The molecule has 3 rings (SSSR count). The summed E-state index contributed by atoms with van der Waals surface area (Å²) in [5.41, 5.74) is 9.20. The molecular weight excluding hydrogens is 324 g/mol. The van der Waals surface area contributed by atoms with Gasteiger partial charge in [-0.1, -0.05) is 58.4 Å². The molecule has 0 spiro atoms. The summed E-state index contributed by atoms with van der Waals surface area (Å²) in [5.74, 6) is 0. The highest BCUT2D eigenvalue weighted by atomic mass is 79.9. The molecule has 106 valence electrons. The zero-order valence-corrected chi connectivity index (χ0v) is 13.5. The third-order valence-electron chi connectivity index (χ3n) is 3.69. The van der Waals surface area contributed by atoms with E-state index in [9.17, 15) is 0 Å². The van der Waals surface area contributed by atoms with Gasteiger partial charge in [-0.25, -0.2) is 0 Å². The van der Waals surface area contributed by atoms with Gasteiger partial charge in [0.05, 0.1) is 5.52 Å². The molecule has 0 aliphatic carbocycles. The van der Waals surface area contributed by atoms with E-state index < -0.39 is 5.54 Å². The summed E-state index contributed by atoms with van der Waals surface area (Å²) in [6, 6.07) is 20.4. The minimum Gasteiger partial charge on any atom is -0.321 e. The van der Waals surface area contributed by atoms with Crippen LogP contribution in [0.15, 0.2) is 65.1 Å². The fraction of sp³-hybridized carbons (Fsp3) is 0.167. The Morgan fingerprint density at radius 2 is 1.71 bits per heavy atom. The number of nitrogens with two attached hydrogens (primary N) is 1. The van der Waals surface area contributed by atoms with Crippen LogP contribution in [-0.2, 0) is 12.0 Å². The Bertz CT molecular complexity index is 781. The molecule has 1 heterocycles. The van der Waals surface area contributed by atoms with Crippen molar-refractivity contribution in [1.82, 2.24) is 4.98 Å². The van der Waals surface area contributed by atoms with E-state index in [4.69, 9.17) is 10.7 Å². The van der Waals surface area contributed by atoms with Crippen molar-refractivity contribution in [2.75, 3.05) is 0 Å². The van der Waals surface area contributed by atoms with Gasteiger partial charge >= 0.3 is 0 Å². The van der Waals surface area contributed by atoms with E-state index in [0.29, 0.717) is 6.42 Å². The molecule has 0 radical (unpaired) electrons. The average Bonchev–Trinajstić information content (AvgIpc) is 2.47. The lowest BCUT2D eigenvalue weighted by Crippen LogP contribution is -2.36. The van der Waals surface area contributed by atoms with Gasteiger partial charge in [-0.3, -0.25) is 4.98 Å². The monoisotopic (exact) mass is 340 g/mol. The number of pyridine rings is 1.